The van der Waals surface area contributed by atoms with Crippen LogP contribution in [0.15, 0.2) is 73.2 Å². The molecule has 0 N–H and O–H groups in total. The normalized spacial score (nSPS) is 8.57. The molecular formula is C18H12CoN3O6. The SMILES string of the molecule is O=C([O-])c1ccccn1.O=C([O-])c1ccccn1.O=C([O-])c1ccccn1.[Co+3]. The number of nitrogens with zero attached hydrogens (tertiary/aromatic N) is 3. The number of carbonyl (C=O) groups excluding carboxylic acids is 3. The number of carboxylic acid groups (broad SMARTS) is 3. The molecule has 0 aliphatic heterocycles. The maximum absolute atomic E-state index is 10.0. The van der Waals surface area contributed by atoms with Crippen molar-refractivity contribution in [1.82, 2.24) is 15.0 Å². The van der Waals surface area contributed by atoms with Gasteiger partial charge in [0.25, 0.3) is 0 Å². The number of rotatable bonds is 3. The molecule has 28 heavy (non-hydrogen) atoms. The van der Waals surface area contributed by atoms with E-state index in [0.717, 1.165) is 0 Å². The van der Waals surface area contributed by atoms with Crippen molar-refractivity contribution in [3.8, 4) is 0 Å². The van der Waals surface area contributed by atoms with Gasteiger partial charge in [0.1, 0.15) is 0 Å². The van der Waals surface area contributed by atoms with Gasteiger partial charge in [0, 0.05) is 18.6 Å². The molecule has 3 heterocycles. The standard InChI is InChI=1S/3C6H5NO2.Co/c3*8-6(9)5-3-1-2-4-7-5;/h3*1-4H,(H,8,9);/q;;;+3/p-3. The molecule has 3 aromatic heterocycles. The number of aromatic nitrogens is 3. The number of hydrogen-bond donors (Lipinski definition) is 0. The van der Waals surface area contributed by atoms with E-state index in [0.29, 0.717) is 0 Å². The van der Waals surface area contributed by atoms with Crippen LogP contribution in [0.3, 0.4) is 0 Å². The van der Waals surface area contributed by atoms with Gasteiger partial charge in [-0.2, -0.15) is 0 Å². The Morgan fingerprint density at radius 3 is 0.893 bits per heavy atom. The van der Waals surface area contributed by atoms with Crippen LogP contribution in [-0.4, -0.2) is 32.9 Å². The monoisotopic (exact) mass is 425 g/mol. The number of carboxylic acids is 3. The van der Waals surface area contributed by atoms with Crippen molar-refractivity contribution < 1.29 is 46.5 Å². The molecule has 0 bridgehead atoms. The van der Waals surface area contributed by atoms with Gasteiger partial charge in [-0.15, -0.1) is 0 Å². The Labute approximate surface area is 169 Å². The predicted octanol–water partition coefficient (Wildman–Crippen LogP) is -1.67. The van der Waals surface area contributed by atoms with Gasteiger partial charge in [-0.3, -0.25) is 15.0 Å². The minimum atomic E-state index is -1.24. The van der Waals surface area contributed by atoms with Crippen LogP contribution in [0.2, 0.25) is 0 Å². The summed E-state index contributed by atoms with van der Waals surface area (Å²) in [5.74, 6) is -3.72. The molecule has 0 aliphatic rings. The van der Waals surface area contributed by atoms with E-state index in [9.17, 15) is 29.7 Å². The van der Waals surface area contributed by atoms with Crippen LogP contribution in [0.4, 0.5) is 0 Å². The van der Waals surface area contributed by atoms with Crippen molar-refractivity contribution in [2.45, 2.75) is 0 Å². The van der Waals surface area contributed by atoms with Gasteiger partial charge < -0.3 is 29.7 Å². The van der Waals surface area contributed by atoms with Gasteiger partial charge in [-0.05, 0) is 36.4 Å². The molecule has 0 spiro atoms. The fourth-order valence-corrected chi connectivity index (χ4v) is 1.45. The molecule has 0 aliphatic carbocycles. The summed E-state index contributed by atoms with van der Waals surface area (Å²) in [6.07, 6.45) is 4.22. The molecule has 0 radical (unpaired) electrons. The van der Waals surface area contributed by atoms with E-state index in [1.807, 2.05) is 0 Å². The zero-order valence-corrected chi connectivity index (χ0v) is 15.1. The summed E-state index contributed by atoms with van der Waals surface area (Å²) < 4.78 is 0. The van der Waals surface area contributed by atoms with Gasteiger partial charge >= 0.3 is 16.8 Å². The summed E-state index contributed by atoms with van der Waals surface area (Å²) in [5.41, 5.74) is -0.0903. The van der Waals surface area contributed by atoms with Crippen molar-refractivity contribution in [2.24, 2.45) is 0 Å². The molecule has 0 fully saturated rings. The first-order valence-electron chi connectivity index (χ1n) is 7.29. The van der Waals surface area contributed by atoms with Gasteiger partial charge in [0.05, 0.1) is 35.0 Å². The Morgan fingerprint density at radius 1 is 0.536 bits per heavy atom. The molecule has 0 aromatic carbocycles. The van der Waals surface area contributed by atoms with E-state index in [1.54, 1.807) is 36.4 Å². The summed E-state index contributed by atoms with van der Waals surface area (Å²) in [7, 11) is 0. The van der Waals surface area contributed by atoms with Crippen molar-refractivity contribution in [3.05, 3.63) is 90.3 Å². The largest absolute Gasteiger partial charge is 3.00 e. The maximum atomic E-state index is 10.0. The zero-order chi connectivity index (χ0) is 20.1. The Kier molecular flexibility index (Phi) is 11.8. The van der Waals surface area contributed by atoms with E-state index in [1.165, 1.54) is 36.8 Å². The summed E-state index contributed by atoms with van der Waals surface area (Å²) in [4.78, 5) is 40.6. The second kappa shape index (κ2) is 13.6. The second-order valence-electron chi connectivity index (χ2n) is 4.51. The minimum absolute atomic E-state index is 0. The molecule has 144 valence electrons. The molecule has 3 rings (SSSR count). The topological polar surface area (TPSA) is 159 Å². The van der Waals surface area contributed by atoms with E-state index in [2.05, 4.69) is 15.0 Å². The minimum Gasteiger partial charge on any atom is -0.543 e. The summed E-state index contributed by atoms with van der Waals surface area (Å²) in [5, 5.41) is 30.1. The average Bonchev–Trinajstić information content (AvgIpc) is 2.71. The Balaban J connectivity index is 0.000000384. The van der Waals surface area contributed by atoms with Crippen molar-refractivity contribution in [2.75, 3.05) is 0 Å². The third-order valence-corrected chi connectivity index (χ3v) is 2.62. The van der Waals surface area contributed by atoms with Crippen LogP contribution in [0.5, 0.6) is 0 Å². The number of pyridine rings is 3. The third kappa shape index (κ3) is 9.75. The van der Waals surface area contributed by atoms with Gasteiger partial charge in [-0.25, -0.2) is 0 Å². The summed E-state index contributed by atoms with van der Waals surface area (Å²) in [6.45, 7) is 0. The summed E-state index contributed by atoms with van der Waals surface area (Å²) >= 11 is 0. The van der Waals surface area contributed by atoms with Gasteiger partial charge in [0.15, 0.2) is 0 Å². The predicted molar refractivity (Wildman–Crippen MR) is 85.7 cm³/mol. The third-order valence-electron chi connectivity index (χ3n) is 2.62. The maximum Gasteiger partial charge on any atom is 3.00 e. The van der Waals surface area contributed by atoms with Crippen LogP contribution in [0.25, 0.3) is 0 Å². The first kappa shape index (κ1) is 24.4. The molecule has 0 unspecified atom stereocenters. The molecular weight excluding hydrogens is 413 g/mol. The van der Waals surface area contributed by atoms with Crippen molar-refractivity contribution in [1.29, 1.82) is 0 Å². The first-order chi connectivity index (χ1) is 12.9. The van der Waals surface area contributed by atoms with Crippen molar-refractivity contribution in [3.63, 3.8) is 0 Å². The number of aromatic carboxylic acids is 3. The van der Waals surface area contributed by atoms with Gasteiger partial charge in [-0.1, -0.05) is 18.2 Å². The second-order valence-corrected chi connectivity index (χ2v) is 4.51. The molecule has 0 saturated heterocycles. The number of hydrogen-bond acceptors (Lipinski definition) is 9. The van der Waals surface area contributed by atoms with Crippen molar-refractivity contribution >= 4 is 17.9 Å². The van der Waals surface area contributed by atoms with Crippen LogP contribution in [0.1, 0.15) is 31.5 Å². The Bertz CT molecular complexity index is 747. The molecule has 0 amide bonds. The van der Waals surface area contributed by atoms with Crippen LogP contribution in [-0.2, 0) is 16.8 Å². The Morgan fingerprint density at radius 2 is 0.786 bits per heavy atom. The van der Waals surface area contributed by atoms with Crippen LogP contribution < -0.4 is 15.3 Å². The fourth-order valence-electron chi connectivity index (χ4n) is 1.45. The average molecular weight is 425 g/mol. The van der Waals surface area contributed by atoms with Crippen LogP contribution in [0, 0.1) is 0 Å². The van der Waals surface area contributed by atoms with Crippen LogP contribution >= 0.6 is 0 Å². The van der Waals surface area contributed by atoms with E-state index in [4.69, 9.17) is 0 Å². The summed E-state index contributed by atoms with van der Waals surface area (Å²) in [6, 6.07) is 13.9. The zero-order valence-electron chi connectivity index (χ0n) is 14.1. The smallest absolute Gasteiger partial charge is 0.543 e. The molecule has 3 aromatic rings. The van der Waals surface area contributed by atoms with Gasteiger partial charge in [0.2, 0.25) is 0 Å². The fraction of sp³-hybridized carbons (Fsp3) is 0. The Hall–Kier alpha value is -3.63. The molecule has 10 heteroatoms. The molecule has 9 nitrogen and oxygen atoms in total. The number of carbonyl (C=O) groups is 3. The van der Waals surface area contributed by atoms with E-state index < -0.39 is 17.9 Å². The van der Waals surface area contributed by atoms with E-state index in [-0.39, 0.29) is 33.9 Å². The quantitative estimate of drug-likeness (QED) is 0.478. The molecule has 0 atom stereocenters. The van der Waals surface area contributed by atoms with E-state index >= 15 is 0 Å². The molecule has 0 saturated carbocycles. The first-order valence-corrected chi connectivity index (χ1v) is 7.29.